The zero-order chi connectivity index (χ0) is 9.90. The Morgan fingerprint density at radius 2 is 2.15 bits per heavy atom. The number of furan rings is 1. The molecule has 0 saturated heterocycles. The zero-order valence-corrected chi connectivity index (χ0v) is 9.94. The van der Waals surface area contributed by atoms with Gasteiger partial charge in [-0.25, -0.2) is 0 Å². The molecule has 13 heavy (non-hydrogen) atoms. The van der Waals surface area contributed by atoms with Crippen LogP contribution >= 0.6 is 15.9 Å². The van der Waals surface area contributed by atoms with Crippen molar-refractivity contribution in [2.45, 2.75) is 32.7 Å². The van der Waals surface area contributed by atoms with Crippen LogP contribution in [0, 0.1) is 0 Å². The fourth-order valence-electron chi connectivity index (χ4n) is 1.05. The third-order valence-corrected chi connectivity index (χ3v) is 2.41. The van der Waals surface area contributed by atoms with Crippen LogP contribution in [0.15, 0.2) is 21.2 Å². The monoisotopic (exact) mass is 245 g/mol. The largest absolute Gasteiger partial charge is 0.468 e. The number of hydrogen-bond donors (Lipinski definition) is 1. The van der Waals surface area contributed by atoms with E-state index >= 15 is 0 Å². The number of rotatable bonds is 3. The molecule has 1 rings (SSSR count). The standard InChI is InChI=1S/C10H16BrNO/c1-10(2,3)12-6-4-9-8(11)5-7-13-9/h5,7,12H,4,6H2,1-3H3. The van der Waals surface area contributed by atoms with Gasteiger partial charge in [-0.1, -0.05) is 0 Å². The Morgan fingerprint density at radius 3 is 2.62 bits per heavy atom. The van der Waals surface area contributed by atoms with E-state index in [0.29, 0.717) is 0 Å². The van der Waals surface area contributed by atoms with Crippen LogP contribution in [0.5, 0.6) is 0 Å². The summed E-state index contributed by atoms with van der Waals surface area (Å²) < 4.78 is 6.35. The Labute approximate surface area is 87.8 Å². The Balaban J connectivity index is 2.32. The fourth-order valence-corrected chi connectivity index (χ4v) is 1.45. The lowest BCUT2D eigenvalue weighted by molar-refractivity contribution is 0.413. The quantitative estimate of drug-likeness (QED) is 0.886. The molecule has 0 aliphatic carbocycles. The molecule has 0 amide bonds. The summed E-state index contributed by atoms with van der Waals surface area (Å²) in [5.74, 6) is 1.01. The molecule has 0 saturated carbocycles. The summed E-state index contributed by atoms with van der Waals surface area (Å²) in [6, 6.07) is 1.92. The maximum absolute atomic E-state index is 5.29. The van der Waals surface area contributed by atoms with Crippen LogP contribution in [0.2, 0.25) is 0 Å². The first-order chi connectivity index (χ1) is 5.99. The van der Waals surface area contributed by atoms with Gasteiger partial charge >= 0.3 is 0 Å². The van der Waals surface area contributed by atoms with Crippen molar-refractivity contribution in [3.63, 3.8) is 0 Å². The summed E-state index contributed by atoms with van der Waals surface area (Å²) in [6.45, 7) is 7.41. The van der Waals surface area contributed by atoms with Crippen molar-refractivity contribution in [3.05, 3.63) is 22.6 Å². The predicted molar refractivity (Wildman–Crippen MR) is 57.9 cm³/mol. The molecule has 0 fully saturated rings. The average molecular weight is 246 g/mol. The van der Waals surface area contributed by atoms with Crippen LogP contribution in [0.3, 0.4) is 0 Å². The normalized spacial score (nSPS) is 12.0. The Morgan fingerprint density at radius 1 is 1.46 bits per heavy atom. The molecule has 1 heterocycles. The van der Waals surface area contributed by atoms with Gasteiger partial charge in [0.2, 0.25) is 0 Å². The van der Waals surface area contributed by atoms with Gasteiger partial charge in [0.05, 0.1) is 10.7 Å². The highest BCUT2D eigenvalue weighted by Gasteiger charge is 2.09. The van der Waals surface area contributed by atoms with Crippen LogP contribution in [0.1, 0.15) is 26.5 Å². The van der Waals surface area contributed by atoms with E-state index in [-0.39, 0.29) is 5.54 Å². The highest BCUT2D eigenvalue weighted by Crippen LogP contribution is 2.17. The second-order valence-corrected chi connectivity index (χ2v) is 4.97. The molecule has 1 N–H and O–H groups in total. The van der Waals surface area contributed by atoms with E-state index in [4.69, 9.17) is 4.42 Å². The Hall–Kier alpha value is -0.280. The van der Waals surface area contributed by atoms with E-state index in [1.54, 1.807) is 6.26 Å². The van der Waals surface area contributed by atoms with Crippen molar-refractivity contribution >= 4 is 15.9 Å². The lowest BCUT2D eigenvalue weighted by Crippen LogP contribution is -2.37. The van der Waals surface area contributed by atoms with E-state index in [1.807, 2.05) is 6.07 Å². The number of hydrogen-bond acceptors (Lipinski definition) is 2. The van der Waals surface area contributed by atoms with Crippen LogP contribution in [0.4, 0.5) is 0 Å². The van der Waals surface area contributed by atoms with Crippen molar-refractivity contribution in [3.8, 4) is 0 Å². The minimum Gasteiger partial charge on any atom is -0.468 e. The number of nitrogens with one attached hydrogen (secondary N) is 1. The van der Waals surface area contributed by atoms with Crippen LogP contribution in [-0.4, -0.2) is 12.1 Å². The van der Waals surface area contributed by atoms with Gasteiger partial charge in [0, 0.05) is 18.5 Å². The zero-order valence-electron chi connectivity index (χ0n) is 8.36. The maximum Gasteiger partial charge on any atom is 0.119 e. The van der Waals surface area contributed by atoms with Gasteiger partial charge in [0.1, 0.15) is 5.76 Å². The third kappa shape index (κ3) is 3.96. The van der Waals surface area contributed by atoms with Crippen LogP contribution in [-0.2, 0) is 6.42 Å². The van der Waals surface area contributed by atoms with Gasteiger partial charge in [0.15, 0.2) is 0 Å². The van der Waals surface area contributed by atoms with E-state index in [0.717, 1.165) is 23.2 Å². The molecule has 0 radical (unpaired) electrons. The summed E-state index contributed by atoms with van der Waals surface area (Å²) in [7, 11) is 0. The second-order valence-electron chi connectivity index (χ2n) is 4.12. The first kappa shape index (κ1) is 10.8. The highest BCUT2D eigenvalue weighted by molar-refractivity contribution is 9.10. The first-order valence-corrected chi connectivity index (χ1v) is 5.25. The van der Waals surface area contributed by atoms with Crippen molar-refractivity contribution in [2.24, 2.45) is 0 Å². The molecule has 0 aliphatic heterocycles. The summed E-state index contributed by atoms with van der Waals surface area (Å²) in [4.78, 5) is 0. The van der Waals surface area contributed by atoms with E-state index in [1.165, 1.54) is 0 Å². The molecule has 0 spiro atoms. The molecule has 1 aromatic heterocycles. The van der Waals surface area contributed by atoms with Gasteiger partial charge < -0.3 is 9.73 Å². The topological polar surface area (TPSA) is 25.2 Å². The smallest absolute Gasteiger partial charge is 0.119 e. The van der Waals surface area contributed by atoms with Crippen molar-refractivity contribution in [1.82, 2.24) is 5.32 Å². The molecule has 0 aliphatic rings. The van der Waals surface area contributed by atoms with Gasteiger partial charge in [-0.3, -0.25) is 0 Å². The van der Waals surface area contributed by atoms with E-state index in [9.17, 15) is 0 Å². The molecule has 2 nitrogen and oxygen atoms in total. The minimum atomic E-state index is 0.180. The van der Waals surface area contributed by atoms with Crippen molar-refractivity contribution < 1.29 is 4.42 Å². The van der Waals surface area contributed by atoms with Gasteiger partial charge in [-0.05, 0) is 42.8 Å². The maximum atomic E-state index is 5.29. The van der Waals surface area contributed by atoms with Gasteiger partial charge in [-0.15, -0.1) is 0 Å². The molecule has 0 atom stereocenters. The van der Waals surface area contributed by atoms with Crippen LogP contribution in [0.25, 0.3) is 0 Å². The molecule has 74 valence electrons. The number of halogens is 1. The molecule has 0 unspecified atom stereocenters. The van der Waals surface area contributed by atoms with Crippen molar-refractivity contribution in [2.75, 3.05) is 6.54 Å². The van der Waals surface area contributed by atoms with Crippen LogP contribution < -0.4 is 5.32 Å². The lowest BCUT2D eigenvalue weighted by atomic mass is 10.1. The van der Waals surface area contributed by atoms with Gasteiger partial charge in [0.25, 0.3) is 0 Å². The Bertz CT molecular complexity index is 262. The van der Waals surface area contributed by atoms with Crippen molar-refractivity contribution in [1.29, 1.82) is 0 Å². The minimum absolute atomic E-state index is 0.180. The first-order valence-electron chi connectivity index (χ1n) is 4.46. The molecule has 3 heteroatoms. The summed E-state index contributed by atoms with van der Waals surface area (Å²) in [5, 5.41) is 3.41. The summed E-state index contributed by atoms with van der Waals surface area (Å²) in [6.07, 6.45) is 2.63. The van der Waals surface area contributed by atoms with Gasteiger partial charge in [-0.2, -0.15) is 0 Å². The highest BCUT2D eigenvalue weighted by atomic mass is 79.9. The fraction of sp³-hybridized carbons (Fsp3) is 0.600. The summed E-state index contributed by atoms with van der Waals surface area (Å²) >= 11 is 3.43. The Kier molecular flexibility index (Phi) is 3.56. The molecule has 0 aromatic carbocycles. The van der Waals surface area contributed by atoms with E-state index in [2.05, 4.69) is 42.0 Å². The predicted octanol–water partition coefficient (Wildman–Crippen LogP) is 2.97. The summed E-state index contributed by atoms with van der Waals surface area (Å²) in [5.41, 5.74) is 0.180. The third-order valence-electron chi connectivity index (χ3n) is 1.70. The molecule has 1 aromatic rings. The lowest BCUT2D eigenvalue weighted by Gasteiger charge is -2.19. The molecular formula is C10H16BrNO. The molecular weight excluding hydrogens is 230 g/mol. The average Bonchev–Trinajstić information content (AvgIpc) is 2.34. The second kappa shape index (κ2) is 4.29. The molecule has 0 bridgehead atoms. The van der Waals surface area contributed by atoms with E-state index < -0.39 is 0 Å². The SMILES string of the molecule is CC(C)(C)NCCc1occc1Br.